The smallest absolute Gasteiger partial charge is 0.303 e. The molecule has 1 aliphatic heterocycles. The van der Waals surface area contributed by atoms with Crippen LogP contribution < -0.4 is 0 Å². The van der Waals surface area contributed by atoms with Gasteiger partial charge in [-0.15, -0.1) is 0 Å². The van der Waals surface area contributed by atoms with Crippen LogP contribution in [0, 0.1) is 0 Å². The Morgan fingerprint density at radius 2 is 1.69 bits per heavy atom. The van der Waals surface area contributed by atoms with Gasteiger partial charge in [-0.1, -0.05) is 35.1 Å². The van der Waals surface area contributed by atoms with Crippen LogP contribution in [0.3, 0.4) is 0 Å². The van der Waals surface area contributed by atoms with E-state index in [0.29, 0.717) is 0 Å². The molecule has 1 aromatic rings. The van der Waals surface area contributed by atoms with E-state index in [0.717, 1.165) is 4.90 Å². The zero-order chi connectivity index (χ0) is 21.4. The van der Waals surface area contributed by atoms with Gasteiger partial charge >= 0.3 is 17.9 Å². The summed E-state index contributed by atoms with van der Waals surface area (Å²) >= 11 is 1.24. The molecule has 1 heterocycles. The number of esters is 3. The molecule has 29 heavy (non-hydrogen) atoms. The van der Waals surface area contributed by atoms with Gasteiger partial charge in [0.25, 0.3) is 0 Å². The third-order valence-corrected chi connectivity index (χ3v) is 5.01. The van der Waals surface area contributed by atoms with Crippen molar-refractivity contribution in [1.29, 1.82) is 0 Å². The normalized spacial score (nSPS) is 26.0. The molecule has 0 radical (unpaired) electrons. The molecule has 0 amide bonds. The lowest BCUT2D eigenvalue weighted by molar-refractivity contribution is -0.201. The van der Waals surface area contributed by atoms with Crippen LogP contribution in [0.4, 0.5) is 0 Å². The van der Waals surface area contributed by atoms with E-state index in [1.165, 1.54) is 32.5 Å². The molecule has 0 bridgehead atoms. The van der Waals surface area contributed by atoms with Crippen LogP contribution in [-0.2, 0) is 33.3 Å². The van der Waals surface area contributed by atoms with Gasteiger partial charge in [0.15, 0.2) is 0 Å². The Hall–Kier alpha value is -2.75. The molecule has 0 aromatic heterocycles. The minimum atomic E-state index is -1.11. The Morgan fingerprint density at radius 1 is 1.07 bits per heavy atom. The van der Waals surface area contributed by atoms with Crippen molar-refractivity contribution in [3.63, 3.8) is 0 Å². The molecule has 0 saturated carbocycles. The number of thioether (sulfide) groups is 1. The van der Waals surface area contributed by atoms with Crippen LogP contribution >= 0.6 is 11.8 Å². The first-order chi connectivity index (χ1) is 13.8. The fourth-order valence-corrected chi connectivity index (χ4v) is 3.93. The number of hydrogen-bond acceptors (Lipinski definition) is 9. The first kappa shape index (κ1) is 22.5. The van der Waals surface area contributed by atoms with E-state index in [1.807, 2.05) is 30.3 Å². The van der Waals surface area contributed by atoms with Crippen LogP contribution in [0.5, 0.6) is 0 Å². The van der Waals surface area contributed by atoms with Crippen LogP contribution in [0.15, 0.2) is 40.3 Å². The highest BCUT2D eigenvalue weighted by molar-refractivity contribution is 7.99. The van der Waals surface area contributed by atoms with E-state index >= 15 is 0 Å². The number of hydrogen-bond donors (Lipinski definition) is 0. The largest absolute Gasteiger partial charge is 0.463 e. The van der Waals surface area contributed by atoms with Gasteiger partial charge in [0.1, 0.15) is 36.4 Å². The molecule has 156 valence electrons. The van der Waals surface area contributed by atoms with Gasteiger partial charge in [-0.25, -0.2) is 0 Å². The van der Waals surface area contributed by atoms with Gasteiger partial charge in [0.2, 0.25) is 0 Å². The quantitative estimate of drug-likeness (QED) is 0.214. The molecule has 1 aliphatic rings. The molecule has 11 heteroatoms. The molecule has 10 nitrogen and oxygen atoms in total. The van der Waals surface area contributed by atoms with Crippen molar-refractivity contribution in [3.8, 4) is 0 Å². The Bertz CT molecular complexity index is 785. The van der Waals surface area contributed by atoms with Crippen molar-refractivity contribution in [3.05, 3.63) is 40.8 Å². The fourth-order valence-electron chi connectivity index (χ4n) is 2.80. The number of carbonyl (C=O) groups is 3. The van der Waals surface area contributed by atoms with Gasteiger partial charge in [0, 0.05) is 30.6 Å². The van der Waals surface area contributed by atoms with Crippen molar-refractivity contribution >= 4 is 29.7 Å². The molecular weight excluding hydrogens is 402 g/mol. The van der Waals surface area contributed by atoms with Gasteiger partial charge in [0.05, 0.1) is 0 Å². The Labute approximate surface area is 171 Å². The molecular formula is C18H21N3O7S. The van der Waals surface area contributed by atoms with Crippen molar-refractivity contribution in [1.82, 2.24) is 0 Å². The fraction of sp³-hybridized carbons (Fsp3) is 0.500. The first-order valence-electron chi connectivity index (χ1n) is 8.71. The summed E-state index contributed by atoms with van der Waals surface area (Å²) in [5.74, 6) is -1.82. The zero-order valence-corrected chi connectivity index (χ0v) is 16.9. The van der Waals surface area contributed by atoms with Gasteiger partial charge in [-0.3, -0.25) is 14.4 Å². The topological polar surface area (TPSA) is 137 Å². The van der Waals surface area contributed by atoms with Gasteiger partial charge in [-0.05, 0) is 17.7 Å². The van der Waals surface area contributed by atoms with E-state index in [1.54, 1.807) is 0 Å². The molecule has 1 saturated heterocycles. The SMILES string of the molecule is CC(=O)OC[C@H]1O[C@H](Sc2ccccc2)[C@H](OC(C)=O)[C@@H](N=[N+]=[N-])[C@H]1OC(C)=O. The second kappa shape index (κ2) is 10.7. The summed E-state index contributed by atoms with van der Waals surface area (Å²) in [5, 5.41) is 3.71. The average Bonchev–Trinajstić information content (AvgIpc) is 2.65. The number of ether oxygens (including phenoxy) is 4. The standard InChI is InChI=1S/C18H21N3O7S/c1-10(22)25-9-14-16(26-11(2)23)15(20-21-19)17(27-12(3)24)18(28-14)29-13-7-5-4-6-8-13/h4-8,14-18H,9H2,1-3H3/t14-,15+,16+,17-,18-/m1/s1. The minimum Gasteiger partial charge on any atom is -0.463 e. The summed E-state index contributed by atoms with van der Waals surface area (Å²) in [6.45, 7) is 3.39. The molecule has 0 unspecified atom stereocenters. The summed E-state index contributed by atoms with van der Waals surface area (Å²) in [6.07, 6.45) is -3.07. The summed E-state index contributed by atoms with van der Waals surface area (Å²) in [6, 6.07) is 8.09. The monoisotopic (exact) mass is 423 g/mol. The lowest BCUT2D eigenvalue weighted by Crippen LogP contribution is -2.59. The molecule has 0 spiro atoms. The second-order valence-corrected chi connectivity index (χ2v) is 7.29. The summed E-state index contributed by atoms with van der Waals surface area (Å²) < 4.78 is 21.7. The van der Waals surface area contributed by atoms with Crippen molar-refractivity contribution < 1.29 is 33.3 Å². The maximum absolute atomic E-state index is 11.7. The lowest BCUT2D eigenvalue weighted by Gasteiger charge is -2.43. The lowest BCUT2D eigenvalue weighted by atomic mass is 9.97. The summed E-state index contributed by atoms with van der Waals surface area (Å²) in [4.78, 5) is 38.2. The number of carbonyl (C=O) groups excluding carboxylic acids is 3. The third-order valence-electron chi connectivity index (χ3n) is 3.85. The Morgan fingerprint density at radius 3 is 2.24 bits per heavy atom. The van der Waals surface area contributed by atoms with Gasteiger partial charge in [-0.2, -0.15) is 0 Å². The Balaban J connectivity index is 2.41. The number of azide groups is 1. The van der Waals surface area contributed by atoms with E-state index in [2.05, 4.69) is 10.0 Å². The van der Waals surface area contributed by atoms with E-state index < -0.39 is 47.7 Å². The van der Waals surface area contributed by atoms with E-state index in [4.69, 9.17) is 24.5 Å². The number of nitrogens with zero attached hydrogens (tertiary/aromatic N) is 3. The van der Waals surface area contributed by atoms with Crippen molar-refractivity contribution in [2.24, 2.45) is 5.11 Å². The second-order valence-electron chi connectivity index (χ2n) is 6.12. The highest BCUT2D eigenvalue weighted by atomic mass is 32.2. The molecule has 2 rings (SSSR count). The van der Waals surface area contributed by atoms with Crippen LogP contribution in [-0.4, -0.2) is 54.3 Å². The summed E-state index contributed by atoms with van der Waals surface area (Å²) in [5.41, 5.74) is 8.25. The summed E-state index contributed by atoms with van der Waals surface area (Å²) in [7, 11) is 0. The average molecular weight is 423 g/mol. The van der Waals surface area contributed by atoms with Crippen molar-refractivity contribution in [2.45, 2.75) is 55.5 Å². The van der Waals surface area contributed by atoms with Crippen LogP contribution in [0.1, 0.15) is 20.8 Å². The highest BCUT2D eigenvalue weighted by Crippen LogP contribution is 2.37. The van der Waals surface area contributed by atoms with E-state index in [9.17, 15) is 14.4 Å². The third kappa shape index (κ3) is 6.67. The molecule has 1 aromatic carbocycles. The zero-order valence-electron chi connectivity index (χ0n) is 16.1. The maximum atomic E-state index is 11.7. The minimum absolute atomic E-state index is 0.233. The highest BCUT2D eigenvalue weighted by Gasteiger charge is 2.50. The molecule has 5 atom stereocenters. The van der Waals surface area contributed by atoms with Crippen molar-refractivity contribution in [2.75, 3.05) is 6.61 Å². The van der Waals surface area contributed by atoms with E-state index in [-0.39, 0.29) is 6.61 Å². The molecule has 0 N–H and O–H groups in total. The first-order valence-corrected chi connectivity index (χ1v) is 9.59. The molecule has 1 fully saturated rings. The number of benzene rings is 1. The molecule has 0 aliphatic carbocycles. The van der Waals surface area contributed by atoms with Crippen LogP contribution in [0.25, 0.3) is 10.4 Å². The Kier molecular flexibility index (Phi) is 8.32. The predicted molar refractivity (Wildman–Crippen MR) is 102 cm³/mol. The predicted octanol–water partition coefficient (Wildman–Crippen LogP) is 2.61. The maximum Gasteiger partial charge on any atom is 0.303 e. The number of rotatable bonds is 7. The van der Waals surface area contributed by atoms with Crippen LogP contribution in [0.2, 0.25) is 0 Å². The van der Waals surface area contributed by atoms with Gasteiger partial charge < -0.3 is 18.9 Å².